The van der Waals surface area contributed by atoms with Gasteiger partial charge in [-0.1, -0.05) is 24.1 Å². The van der Waals surface area contributed by atoms with E-state index in [1.165, 1.54) is 25.7 Å². The van der Waals surface area contributed by atoms with Crippen molar-refractivity contribution in [3.8, 4) is 5.75 Å². The van der Waals surface area contributed by atoms with Crippen LogP contribution in [0.4, 0.5) is 0 Å². The summed E-state index contributed by atoms with van der Waals surface area (Å²) in [5, 5.41) is 3.65. The van der Waals surface area contributed by atoms with Gasteiger partial charge in [-0.2, -0.15) is 0 Å². The summed E-state index contributed by atoms with van der Waals surface area (Å²) in [5.41, 5.74) is 1.06. The van der Waals surface area contributed by atoms with Crippen LogP contribution in [0.5, 0.6) is 5.75 Å². The average Bonchev–Trinajstić information content (AvgIpc) is 3.11. The summed E-state index contributed by atoms with van der Waals surface area (Å²) in [6, 6.07) is 5.81. The molecule has 3 rings (SSSR count). The van der Waals surface area contributed by atoms with Crippen molar-refractivity contribution in [3.05, 3.63) is 28.8 Å². The molecule has 2 bridgehead atoms. The van der Waals surface area contributed by atoms with Crippen LogP contribution in [0.25, 0.3) is 0 Å². The Morgan fingerprint density at radius 2 is 2.23 bits per heavy atom. The van der Waals surface area contributed by atoms with E-state index >= 15 is 0 Å². The highest BCUT2D eigenvalue weighted by atomic mass is 35.5. The van der Waals surface area contributed by atoms with E-state index in [9.17, 15) is 4.79 Å². The van der Waals surface area contributed by atoms with Crippen LogP contribution in [-0.4, -0.2) is 18.6 Å². The molecule has 0 heterocycles. The molecule has 1 N–H and O–H groups in total. The molecule has 3 nitrogen and oxygen atoms in total. The van der Waals surface area contributed by atoms with Crippen molar-refractivity contribution in [1.29, 1.82) is 0 Å². The third-order valence-electron chi connectivity index (χ3n) is 5.27. The number of nitrogens with one attached hydrogen (secondary N) is 1. The van der Waals surface area contributed by atoms with E-state index in [0.29, 0.717) is 16.7 Å². The van der Waals surface area contributed by atoms with E-state index in [4.69, 9.17) is 16.3 Å². The molecular formula is C18H24ClNO2. The van der Waals surface area contributed by atoms with Crippen molar-refractivity contribution in [3.63, 3.8) is 0 Å². The molecule has 0 radical (unpaired) electrons. The SMILES string of the molecule is Cc1ccc(Cl)c(OCC(=O)N[C@H](C)[C@@H]2C[C@H]3CC[C@H]2C3)c1. The maximum Gasteiger partial charge on any atom is 0.258 e. The van der Waals surface area contributed by atoms with Gasteiger partial charge in [0.1, 0.15) is 5.75 Å². The number of hydrogen-bond acceptors (Lipinski definition) is 2. The summed E-state index contributed by atoms with van der Waals surface area (Å²) in [5.74, 6) is 2.87. The minimum atomic E-state index is -0.0622. The van der Waals surface area contributed by atoms with E-state index in [-0.39, 0.29) is 18.6 Å². The quantitative estimate of drug-likeness (QED) is 0.891. The number of fused-ring (bicyclic) bond motifs is 2. The fourth-order valence-electron chi connectivity index (χ4n) is 4.17. The number of hydrogen-bond donors (Lipinski definition) is 1. The third-order valence-corrected chi connectivity index (χ3v) is 5.58. The predicted octanol–water partition coefficient (Wildman–Crippen LogP) is 3.97. The molecule has 0 saturated heterocycles. The second-order valence-electron chi connectivity index (χ2n) is 6.92. The first-order chi connectivity index (χ1) is 10.5. The monoisotopic (exact) mass is 321 g/mol. The molecule has 22 heavy (non-hydrogen) atoms. The zero-order valence-corrected chi connectivity index (χ0v) is 14.0. The van der Waals surface area contributed by atoms with E-state index in [2.05, 4.69) is 12.2 Å². The lowest BCUT2D eigenvalue weighted by atomic mass is 9.84. The van der Waals surface area contributed by atoms with Crippen molar-refractivity contribution in [2.24, 2.45) is 17.8 Å². The number of aryl methyl sites for hydroxylation is 1. The molecule has 4 atom stereocenters. The van der Waals surface area contributed by atoms with Crippen molar-refractivity contribution in [1.82, 2.24) is 5.32 Å². The van der Waals surface area contributed by atoms with Gasteiger partial charge in [-0.25, -0.2) is 0 Å². The van der Waals surface area contributed by atoms with Gasteiger partial charge in [0, 0.05) is 6.04 Å². The number of halogens is 1. The van der Waals surface area contributed by atoms with Gasteiger partial charge in [-0.15, -0.1) is 0 Å². The van der Waals surface area contributed by atoms with Gasteiger partial charge in [0.15, 0.2) is 6.61 Å². The molecule has 120 valence electrons. The van der Waals surface area contributed by atoms with Crippen LogP contribution >= 0.6 is 11.6 Å². The highest BCUT2D eigenvalue weighted by Crippen LogP contribution is 2.49. The molecule has 0 aromatic heterocycles. The second-order valence-corrected chi connectivity index (χ2v) is 7.32. The molecular weight excluding hydrogens is 298 g/mol. The van der Waals surface area contributed by atoms with Gasteiger partial charge in [0.05, 0.1) is 5.02 Å². The lowest BCUT2D eigenvalue weighted by Crippen LogP contribution is -2.42. The maximum atomic E-state index is 12.1. The first-order valence-corrected chi connectivity index (χ1v) is 8.59. The second kappa shape index (κ2) is 6.49. The van der Waals surface area contributed by atoms with Crippen LogP contribution in [0, 0.1) is 24.7 Å². The smallest absolute Gasteiger partial charge is 0.258 e. The van der Waals surface area contributed by atoms with E-state index in [1.807, 2.05) is 19.1 Å². The molecule has 0 unspecified atom stereocenters. The third kappa shape index (κ3) is 3.40. The minimum absolute atomic E-state index is 0.0222. The van der Waals surface area contributed by atoms with E-state index in [0.717, 1.165) is 17.4 Å². The van der Waals surface area contributed by atoms with Crippen molar-refractivity contribution < 1.29 is 9.53 Å². The molecule has 1 amide bonds. The number of ether oxygens (including phenoxy) is 1. The van der Waals surface area contributed by atoms with Gasteiger partial charge in [0.25, 0.3) is 5.91 Å². The summed E-state index contributed by atoms with van der Waals surface area (Å²) in [6.07, 6.45) is 5.36. The van der Waals surface area contributed by atoms with Crippen LogP contribution in [0.2, 0.25) is 5.02 Å². The minimum Gasteiger partial charge on any atom is -0.482 e. The van der Waals surface area contributed by atoms with E-state index < -0.39 is 0 Å². The predicted molar refractivity (Wildman–Crippen MR) is 88.2 cm³/mol. The first-order valence-electron chi connectivity index (χ1n) is 8.21. The Labute approximate surface area is 137 Å². The zero-order valence-electron chi connectivity index (χ0n) is 13.3. The highest BCUT2D eigenvalue weighted by Gasteiger charge is 2.42. The Hall–Kier alpha value is -1.22. The lowest BCUT2D eigenvalue weighted by molar-refractivity contribution is -0.124. The first kappa shape index (κ1) is 15.7. The van der Waals surface area contributed by atoms with Gasteiger partial charge in [-0.3, -0.25) is 4.79 Å². The Morgan fingerprint density at radius 1 is 1.41 bits per heavy atom. The zero-order chi connectivity index (χ0) is 15.7. The Bertz CT molecular complexity index is 560. The number of amides is 1. The average molecular weight is 322 g/mol. The van der Waals surface area contributed by atoms with Crippen LogP contribution in [0.15, 0.2) is 18.2 Å². The number of carbonyl (C=O) groups excluding carboxylic acids is 1. The van der Waals surface area contributed by atoms with Crippen LogP contribution in [-0.2, 0) is 4.79 Å². The van der Waals surface area contributed by atoms with Gasteiger partial charge in [0.2, 0.25) is 0 Å². The molecule has 4 heteroatoms. The fraction of sp³-hybridized carbons (Fsp3) is 0.611. The molecule has 0 aliphatic heterocycles. The summed E-state index contributed by atoms with van der Waals surface area (Å²) in [7, 11) is 0. The summed E-state index contributed by atoms with van der Waals surface area (Å²) < 4.78 is 5.56. The van der Waals surface area contributed by atoms with Crippen LogP contribution in [0.1, 0.15) is 38.2 Å². The molecule has 2 saturated carbocycles. The molecule has 1 aromatic carbocycles. The van der Waals surface area contributed by atoms with Gasteiger partial charge < -0.3 is 10.1 Å². The summed E-state index contributed by atoms with van der Waals surface area (Å²) in [4.78, 5) is 12.1. The largest absolute Gasteiger partial charge is 0.482 e. The summed E-state index contributed by atoms with van der Waals surface area (Å²) >= 11 is 6.08. The van der Waals surface area contributed by atoms with Crippen molar-refractivity contribution >= 4 is 17.5 Å². The molecule has 1 aromatic rings. The summed E-state index contributed by atoms with van der Waals surface area (Å²) in [6.45, 7) is 4.12. The molecule has 0 spiro atoms. The normalized spacial score (nSPS) is 27.7. The van der Waals surface area contributed by atoms with Crippen LogP contribution < -0.4 is 10.1 Å². The number of carbonyl (C=O) groups is 1. The van der Waals surface area contributed by atoms with E-state index in [1.54, 1.807) is 6.07 Å². The molecule has 2 aliphatic rings. The topological polar surface area (TPSA) is 38.3 Å². The van der Waals surface area contributed by atoms with Gasteiger partial charge >= 0.3 is 0 Å². The number of benzene rings is 1. The van der Waals surface area contributed by atoms with Gasteiger partial charge in [-0.05, 0) is 68.6 Å². The molecule has 2 aliphatic carbocycles. The Morgan fingerprint density at radius 3 is 2.91 bits per heavy atom. The molecule has 2 fully saturated rings. The fourth-order valence-corrected chi connectivity index (χ4v) is 4.35. The van der Waals surface area contributed by atoms with Crippen molar-refractivity contribution in [2.45, 2.75) is 45.6 Å². The van der Waals surface area contributed by atoms with Crippen LogP contribution in [0.3, 0.4) is 0 Å². The maximum absolute atomic E-state index is 12.1. The Balaban J connectivity index is 1.49. The standard InChI is InChI=1S/C18H24ClNO2/c1-11-3-6-16(19)17(7-11)22-10-18(21)20-12(2)15-9-13-4-5-14(15)8-13/h3,6-7,12-15H,4-5,8-10H2,1-2H3,(H,20,21)/t12-,13+,14+,15+/m1/s1. The lowest BCUT2D eigenvalue weighted by Gasteiger charge is -2.28. The van der Waals surface area contributed by atoms with Crippen molar-refractivity contribution in [2.75, 3.05) is 6.61 Å². The Kier molecular flexibility index (Phi) is 4.62. The number of rotatable bonds is 5. The highest BCUT2D eigenvalue weighted by molar-refractivity contribution is 6.32.